The molecule has 0 fully saturated rings. The first-order valence-electron chi connectivity index (χ1n) is 7.84. The highest BCUT2D eigenvalue weighted by molar-refractivity contribution is 7.89. The Kier molecular flexibility index (Phi) is 5.45. The molecule has 1 N–H and O–H groups in total. The highest BCUT2D eigenvalue weighted by atomic mass is 35.5. The van der Waals surface area contributed by atoms with Crippen LogP contribution in [0.1, 0.15) is 11.3 Å². The Labute approximate surface area is 160 Å². The first kappa shape index (κ1) is 19.3. The van der Waals surface area contributed by atoms with Crippen molar-refractivity contribution in [1.29, 1.82) is 0 Å². The Morgan fingerprint density at radius 3 is 2.70 bits per heavy atom. The molecule has 10 heteroatoms. The van der Waals surface area contributed by atoms with Crippen molar-refractivity contribution >= 4 is 21.6 Å². The molecule has 0 amide bonds. The topological polar surface area (TPSA) is 86.1 Å². The molecular weight excluding hydrogens is 395 g/mol. The zero-order valence-electron chi connectivity index (χ0n) is 14.5. The van der Waals surface area contributed by atoms with Crippen molar-refractivity contribution in [3.63, 3.8) is 0 Å². The lowest BCUT2D eigenvalue weighted by atomic mass is 10.3. The molecular formula is C17H16ClFN4O3S. The van der Waals surface area contributed by atoms with Crippen LogP contribution >= 0.6 is 11.6 Å². The van der Waals surface area contributed by atoms with Crippen LogP contribution < -0.4 is 9.46 Å². The predicted molar refractivity (Wildman–Crippen MR) is 97.7 cm³/mol. The third-order valence-corrected chi connectivity index (χ3v) is 5.78. The van der Waals surface area contributed by atoms with Crippen molar-refractivity contribution in [3.05, 3.63) is 64.8 Å². The van der Waals surface area contributed by atoms with Crippen LogP contribution in [0.5, 0.6) is 11.6 Å². The van der Waals surface area contributed by atoms with Gasteiger partial charge in [-0.15, -0.1) is 0 Å². The number of ether oxygens (including phenoxy) is 1. The fourth-order valence-electron chi connectivity index (χ4n) is 2.42. The van der Waals surface area contributed by atoms with Crippen molar-refractivity contribution in [2.75, 3.05) is 0 Å². The van der Waals surface area contributed by atoms with Crippen LogP contribution in [0.3, 0.4) is 0 Å². The Balaban J connectivity index is 1.76. The number of sulfonamides is 1. The maximum absolute atomic E-state index is 13.7. The van der Waals surface area contributed by atoms with Gasteiger partial charge in [0.1, 0.15) is 10.0 Å². The van der Waals surface area contributed by atoms with E-state index in [4.69, 9.17) is 16.3 Å². The molecule has 0 unspecified atom stereocenters. The second-order valence-corrected chi connectivity index (χ2v) is 7.75. The lowest BCUT2D eigenvalue weighted by molar-refractivity contribution is 0.427. The summed E-state index contributed by atoms with van der Waals surface area (Å²) in [5, 5.41) is 4.03. The van der Waals surface area contributed by atoms with Crippen LogP contribution in [-0.2, 0) is 23.6 Å². The fraction of sp³-hybridized carbons (Fsp3) is 0.176. The van der Waals surface area contributed by atoms with Crippen LogP contribution in [0.25, 0.3) is 0 Å². The summed E-state index contributed by atoms with van der Waals surface area (Å²) in [4.78, 5) is 3.94. The Morgan fingerprint density at radius 2 is 2.04 bits per heavy atom. The van der Waals surface area contributed by atoms with E-state index >= 15 is 0 Å². The SMILES string of the molecule is Cc1nn(C)c(Cl)c1S(=O)(=O)NCc1ccnc(Oc2ccccc2F)c1. The first-order chi connectivity index (χ1) is 12.8. The van der Waals surface area contributed by atoms with Gasteiger partial charge in [0.2, 0.25) is 15.9 Å². The summed E-state index contributed by atoms with van der Waals surface area (Å²) >= 11 is 6.03. The van der Waals surface area contributed by atoms with Crippen LogP contribution in [-0.4, -0.2) is 23.2 Å². The van der Waals surface area contributed by atoms with E-state index in [-0.39, 0.29) is 28.2 Å². The monoisotopic (exact) mass is 410 g/mol. The zero-order valence-corrected chi connectivity index (χ0v) is 16.1. The Hall–Kier alpha value is -2.49. The van der Waals surface area contributed by atoms with E-state index < -0.39 is 15.8 Å². The Morgan fingerprint density at radius 1 is 1.30 bits per heavy atom. The molecule has 0 aliphatic rings. The molecule has 3 rings (SSSR count). The minimum Gasteiger partial charge on any atom is -0.436 e. The van der Waals surface area contributed by atoms with Crippen LogP contribution in [0.15, 0.2) is 47.5 Å². The number of para-hydroxylation sites is 1. The summed E-state index contributed by atoms with van der Waals surface area (Å²) in [7, 11) is -2.30. The molecule has 2 aromatic heterocycles. The van der Waals surface area contributed by atoms with Gasteiger partial charge in [-0.1, -0.05) is 23.7 Å². The van der Waals surface area contributed by atoms with Crippen LogP contribution in [0.2, 0.25) is 5.15 Å². The second kappa shape index (κ2) is 7.63. The van der Waals surface area contributed by atoms with Gasteiger partial charge in [-0.3, -0.25) is 4.68 Å². The van der Waals surface area contributed by atoms with Gasteiger partial charge in [-0.05, 0) is 30.7 Å². The normalized spacial score (nSPS) is 11.6. The van der Waals surface area contributed by atoms with Crippen molar-refractivity contribution in [3.8, 4) is 11.6 Å². The second-order valence-electron chi connectivity index (χ2n) is 5.69. The number of hydrogen-bond donors (Lipinski definition) is 1. The number of benzene rings is 1. The smallest absolute Gasteiger partial charge is 0.245 e. The lowest BCUT2D eigenvalue weighted by Gasteiger charge is -2.09. The van der Waals surface area contributed by atoms with E-state index in [0.717, 1.165) is 0 Å². The summed E-state index contributed by atoms with van der Waals surface area (Å²) in [6.45, 7) is 1.54. The first-order valence-corrected chi connectivity index (χ1v) is 9.70. The van der Waals surface area contributed by atoms with E-state index in [1.165, 1.54) is 29.1 Å². The minimum absolute atomic E-state index is 0.0247. The molecule has 142 valence electrons. The molecule has 0 aliphatic heterocycles. The number of rotatable bonds is 6. The molecule has 7 nitrogen and oxygen atoms in total. The van der Waals surface area contributed by atoms with Crippen molar-refractivity contribution in [1.82, 2.24) is 19.5 Å². The van der Waals surface area contributed by atoms with Gasteiger partial charge < -0.3 is 4.74 Å². The number of halogens is 2. The number of pyridine rings is 1. The summed E-state index contributed by atoms with van der Waals surface area (Å²) in [6, 6.07) is 9.07. The lowest BCUT2D eigenvalue weighted by Crippen LogP contribution is -2.24. The Bertz CT molecular complexity index is 1090. The molecule has 3 aromatic rings. The van der Waals surface area contributed by atoms with Crippen LogP contribution in [0, 0.1) is 12.7 Å². The van der Waals surface area contributed by atoms with E-state index in [2.05, 4.69) is 14.8 Å². The number of nitrogens with one attached hydrogen (secondary N) is 1. The summed E-state index contributed by atoms with van der Waals surface area (Å²) in [6.07, 6.45) is 1.45. The third kappa shape index (κ3) is 4.26. The fourth-order valence-corrected chi connectivity index (χ4v) is 4.19. The maximum atomic E-state index is 13.7. The van der Waals surface area contributed by atoms with Gasteiger partial charge in [-0.25, -0.2) is 22.5 Å². The molecule has 0 bridgehead atoms. The summed E-state index contributed by atoms with van der Waals surface area (Å²) in [5.74, 6) is -0.347. The number of aromatic nitrogens is 3. The van der Waals surface area contributed by atoms with Gasteiger partial charge in [0.05, 0.1) is 5.69 Å². The standard InChI is InChI=1S/C17H16ClFN4O3S/c1-11-16(17(18)23(2)22-11)27(24,25)21-10-12-7-8-20-15(9-12)26-14-6-4-3-5-13(14)19/h3-9,21H,10H2,1-2H3. The van der Waals surface area contributed by atoms with Crippen molar-refractivity contribution in [2.24, 2.45) is 7.05 Å². The molecule has 0 saturated heterocycles. The molecule has 1 aromatic carbocycles. The van der Waals surface area contributed by atoms with Gasteiger partial charge in [-0.2, -0.15) is 5.10 Å². The van der Waals surface area contributed by atoms with E-state index in [1.807, 2.05) is 0 Å². The van der Waals surface area contributed by atoms with E-state index in [1.54, 1.807) is 32.2 Å². The average molecular weight is 411 g/mol. The number of nitrogens with zero attached hydrogens (tertiary/aromatic N) is 3. The van der Waals surface area contributed by atoms with E-state index in [9.17, 15) is 12.8 Å². The predicted octanol–water partition coefficient (Wildman–Crippen LogP) is 3.19. The molecule has 0 spiro atoms. The zero-order chi connectivity index (χ0) is 19.6. The quantitative estimate of drug-likeness (QED) is 0.674. The molecule has 0 radical (unpaired) electrons. The highest BCUT2D eigenvalue weighted by Gasteiger charge is 2.24. The largest absolute Gasteiger partial charge is 0.436 e. The summed E-state index contributed by atoms with van der Waals surface area (Å²) in [5.41, 5.74) is 0.880. The van der Waals surface area contributed by atoms with Crippen LogP contribution in [0.4, 0.5) is 4.39 Å². The van der Waals surface area contributed by atoms with Gasteiger partial charge in [0.25, 0.3) is 0 Å². The van der Waals surface area contributed by atoms with Crippen molar-refractivity contribution in [2.45, 2.75) is 18.4 Å². The maximum Gasteiger partial charge on any atom is 0.245 e. The number of aryl methyl sites for hydroxylation is 2. The average Bonchev–Trinajstić information content (AvgIpc) is 2.88. The molecule has 0 atom stereocenters. The minimum atomic E-state index is -3.86. The van der Waals surface area contributed by atoms with Gasteiger partial charge >= 0.3 is 0 Å². The van der Waals surface area contributed by atoms with E-state index in [0.29, 0.717) is 11.3 Å². The number of hydrogen-bond acceptors (Lipinski definition) is 5. The third-order valence-electron chi connectivity index (χ3n) is 3.69. The van der Waals surface area contributed by atoms with Crippen molar-refractivity contribution < 1.29 is 17.5 Å². The molecule has 27 heavy (non-hydrogen) atoms. The molecule has 2 heterocycles. The highest BCUT2D eigenvalue weighted by Crippen LogP contribution is 2.25. The van der Waals surface area contributed by atoms with Gasteiger partial charge in [0.15, 0.2) is 11.6 Å². The van der Waals surface area contributed by atoms with Gasteiger partial charge in [0, 0.05) is 25.9 Å². The summed E-state index contributed by atoms with van der Waals surface area (Å²) < 4.78 is 47.9. The molecule has 0 aliphatic carbocycles. The molecule has 0 saturated carbocycles.